The van der Waals surface area contributed by atoms with Gasteiger partial charge in [0.1, 0.15) is 0 Å². The Bertz CT molecular complexity index is 914. The summed E-state index contributed by atoms with van der Waals surface area (Å²) in [6.07, 6.45) is 4.65. The molecule has 0 saturated carbocycles. The molecule has 21 heavy (non-hydrogen) atoms. The quantitative estimate of drug-likeness (QED) is 0.414. The molecule has 0 spiro atoms. The third kappa shape index (κ3) is 1.49. The molecule has 100 valence electrons. The zero-order chi connectivity index (χ0) is 13.1. The van der Waals surface area contributed by atoms with Crippen molar-refractivity contribution in [1.82, 2.24) is 0 Å². The van der Waals surface area contributed by atoms with Gasteiger partial charge in [-0.1, -0.05) is 60.7 Å². The molecule has 2 aliphatic carbocycles. The summed E-state index contributed by atoms with van der Waals surface area (Å²) < 4.78 is 0. The fourth-order valence-corrected chi connectivity index (χ4v) is 3.46. The van der Waals surface area contributed by atoms with Gasteiger partial charge >= 0.3 is 0 Å². The van der Waals surface area contributed by atoms with E-state index in [0.717, 1.165) is 0 Å². The first-order chi connectivity index (χ1) is 9.92. The van der Waals surface area contributed by atoms with Crippen LogP contribution in [0.4, 0.5) is 0 Å². The highest BCUT2D eigenvalue weighted by molar-refractivity contribution is 5.89. The number of rotatable bonds is 0. The van der Waals surface area contributed by atoms with Crippen molar-refractivity contribution >= 4 is 12.2 Å². The first kappa shape index (κ1) is 12.1. The molecule has 0 bridgehead atoms. The molecule has 0 aliphatic heterocycles. The van der Waals surface area contributed by atoms with Crippen LogP contribution in [0.15, 0.2) is 60.7 Å². The van der Waals surface area contributed by atoms with Crippen molar-refractivity contribution < 1.29 is 5.48 Å². The van der Waals surface area contributed by atoms with Crippen LogP contribution in [0.2, 0.25) is 0 Å². The number of fused-ring (bicyclic) bond motifs is 7. The second-order valence-corrected chi connectivity index (χ2v) is 5.45. The zero-order valence-electron chi connectivity index (χ0n) is 11.4. The predicted octanol–water partition coefficient (Wildman–Crippen LogP) is 2.48. The molecule has 0 saturated heterocycles. The largest absolute Gasteiger partial charge is 0.412 e. The van der Waals surface area contributed by atoms with Gasteiger partial charge in [-0.15, -0.1) is 0 Å². The standard InChI is InChI=1S/C20H12.H2O/c1-3-7-15-13(5-1)11-19-17(15)9-10-18-16-8-4-2-6-14(16)12-20(18)19;/h1-12H;1H2. The minimum Gasteiger partial charge on any atom is -0.412 e. The van der Waals surface area contributed by atoms with E-state index >= 15 is 0 Å². The third-order valence-corrected chi connectivity index (χ3v) is 4.39. The van der Waals surface area contributed by atoms with Crippen LogP contribution < -0.4 is 10.4 Å². The molecule has 5 rings (SSSR count). The van der Waals surface area contributed by atoms with E-state index < -0.39 is 0 Å². The summed E-state index contributed by atoms with van der Waals surface area (Å²) >= 11 is 0. The topological polar surface area (TPSA) is 31.5 Å². The fraction of sp³-hybridized carbons (Fsp3) is 0. The van der Waals surface area contributed by atoms with Crippen molar-refractivity contribution in [3.63, 3.8) is 0 Å². The molecule has 2 aliphatic rings. The molecule has 0 fully saturated rings. The maximum absolute atomic E-state index is 2.33. The molecular weight excluding hydrogens is 256 g/mol. The van der Waals surface area contributed by atoms with E-state index in [-0.39, 0.29) is 5.48 Å². The Morgan fingerprint density at radius 1 is 0.429 bits per heavy atom. The number of hydrogen-bond donors (Lipinski definition) is 0. The lowest BCUT2D eigenvalue weighted by Gasteiger charge is -2.03. The smallest absolute Gasteiger partial charge is 0.00926 e. The van der Waals surface area contributed by atoms with Crippen molar-refractivity contribution in [2.45, 2.75) is 0 Å². The van der Waals surface area contributed by atoms with Gasteiger partial charge in [0.05, 0.1) is 0 Å². The normalized spacial score (nSPS) is 12.2. The molecule has 2 N–H and O–H groups in total. The van der Waals surface area contributed by atoms with Crippen LogP contribution in [-0.4, -0.2) is 5.48 Å². The maximum Gasteiger partial charge on any atom is -0.00926 e. The van der Waals surface area contributed by atoms with Crippen molar-refractivity contribution in [3.8, 4) is 22.3 Å². The molecule has 3 aromatic rings. The Balaban J connectivity index is 0.00000115. The molecule has 1 nitrogen and oxygen atoms in total. The number of hydrogen-bond acceptors (Lipinski definition) is 0. The number of benzene rings is 3. The Hall–Kier alpha value is -2.64. The maximum atomic E-state index is 2.33. The molecule has 0 unspecified atom stereocenters. The lowest BCUT2D eigenvalue weighted by atomic mass is 10.0. The lowest BCUT2D eigenvalue weighted by Crippen LogP contribution is -2.25. The third-order valence-electron chi connectivity index (χ3n) is 4.39. The van der Waals surface area contributed by atoms with Crippen molar-refractivity contribution in [2.75, 3.05) is 0 Å². The Kier molecular flexibility index (Phi) is 2.41. The molecule has 0 atom stereocenters. The summed E-state index contributed by atoms with van der Waals surface area (Å²) in [7, 11) is 0. The predicted molar refractivity (Wildman–Crippen MR) is 87.3 cm³/mol. The van der Waals surface area contributed by atoms with Gasteiger partial charge in [0.25, 0.3) is 0 Å². The van der Waals surface area contributed by atoms with E-state index in [1.54, 1.807) is 0 Å². The molecule has 0 radical (unpaired) electrons. The van der Waals surface area contributed by atoms with Gasteiger partial charge in [0, 0.05) is 0 Å². The average Bonchev–Trinajstić information content (AvgIpc) is 3.05. The van der Waals surface area contributed by atoms with Gasteiger partial charge in [-0.2, -0.15) is 0 Å². The first-order valence-electron chi connectivity index (χ1n) is 6.97. The monoisotopic (exact) mass is 270 g/mol. The second-order valence-electron chi connectivity index (χ2n) is 5.45. The van der Waals surface area contributed by atoms with Crippen molar-refractivity contribution in [3.05, 3.63) is 82.2 Å². The first-order valence-corrected chi connectivity index (χ1v) is 6.97. The summed E-state index contributed by atoms with van der Waals surface area (Å²) in [5.74, 6) is 0. The van der Waals surface area contributed by atoms with Crippen LogP contribution in [0.25, 0.3) is 34.4 Å². The van der Waals surface area contributed by atoms with Crippen LogP contribution >= 0.6 is 0 Å². The zero-order valence-corrected chi connectivity index (χ0v) is 11.4. The highest BCUT2D eigenvalue weighted by atomic mass is 16.0. The Morgan fingerprint density at radius 3 is 1.33 bits per heavy atom. The Labute approximate surface area is 122 Å². The van der Waals surface area contributed by atoms with Crippen LogP contribution in [0, 0.1) is 0 Å². The molecule has 0 amide bonds. The SMILES string of the molecule is C1=c2c(ccc3c2=Cc2ccccc2-3)-c2ccccc21.O. The van der Waals surface area contributed by atoms with Crippen LogP contribution in [0.1, 0.15) is 11.1 Å². The molecule has 1 heteroatoms. The average molecular weight is 270 g/mol. The van der Waals surface area contributed by atoms with Gasteiger partial charge in [-0.3, -0.25) is 0 Å². The Morgan fingerprint density at radius 2 is 0.857 bits per heavy atom. The summed E-state index contributed by atoms with van der Waals surface area (Å²) in [6.45, 7) is 0. The molecule has 3 aromatic carbocycles. The fourth-order valence-electron chi connectivity index (χ4n) is 3.46. The second kappa shape index (κ2) is 4.18. The summed E-state index contributed by atoms with van der Waals surface area (Å²) in [5, 5.41) is 2.75. The highest BCUT2D eigenvalue weighted by Gasteiger charge is 2.17. The van der Waals surface area contributed by atoms with Crippen molar-refractivity contribution in [2.24, 2.45) is 0 Å². The summed E-state index contributed by atoms with van der Waals surface area (Å²) in [6, 6.07) is 21.8. The van der Waals surface area contributed by atoms with Gasteiger partial charge in [-0.05, 0) is 56.0 Å². The van der Waals surface area contributed by atoms with E-state index in [2.05, 4.69) is 72.8 Å². The molecule has 0 heterocycles. The minimum atomic E-state index is 0. The van der Waals surface area contributed by atoms with Crippen LogP contribution in [0.5, 0.6) is 0 Å². The minimum absolute atomic E-state index is 0. The summed E-state index contributed by atoms with van der Waals surface area (Å²) in [4.78, 5) is 0. The van der Waals surface area contributed by atoms with E-state index in [1.165, 1.54) is 43.8 Å². The van der Waals surface area contributed by atoms with E-state index in [4.69, 9.17) is 0 Å². The van der Waals surface area contributed by atoms with E-state index in [9.17, 15) is 0 Å². The van der Waals surface area contributed by atoms with Crippen LogP contribution in [-0.2, 0) is 0 Å². The van der Waals surface area contributed by atoms with Crippen LogP contribution in [0.3, 0.4) is 0 Å². The van der Waals surface area contributed by atoms with E-state index in [1.807, 2.05) is 0 Å². The lowest BCUT2D eigenvalue weighted by molar-refractivity contribution is 0.824. The highest BCUT2D eigenvalue weighted by Crippen LogP contribution is 2.30. The van der Waals surface area contributed by atoms with E-state index in [0.29, 0.717) is 0 Å². The van der Waals surface area contributed by atoms with Gasteiger partial charge < -0.3 is 5.48 Å². The van der Waals surface area contributed by atoms with Gasteiger partial charge in [0.2, 0.25) is 0 Å². The molecular formula is C20H14O. The molecule has 0 aromatic heterocycles. The van der Waals surface area contributed by atoms with Gasteiger partial charge in [-0.25, -0.2) is 0 Å². The summed E-state index contributed by atoms with van der Waals surface area (Å²) in [5.41, 5.74) is 8.11. The van der Waals surface area contributed by atoms with Gasteiger partial charge in [0.15, 0.2) is 0 Å². The van der Waals surface area contributed by atoms with Crippen molar-refractivity contribution in [1.29, 1.82) is 0 Å².